The van der Waals surface area contributed by atoms with Crippen molar-refractivity contribution in [1.29, 1.82) is 0 Å². The summed E-state index contributed by atoms with van der Waals surface area (Å²) in [6.45, 7) is 0. The standard InChI is InChI=1S/C18H10Cl2F4N2O3/c19-12-6-11(7-13(20)8-12)17(18(22,23)24)9-14(25-29-17)2-1-10-5-15(26(27)28)3-4-16(10)21/h1-8H,9H2/b2-1+. The summed E-state index contributed by atoms with van der Waals surface area (Å²) >= 11 is 11.6. The lowest BCUT2D eigenvalue weighted by molar-refractivity contribution is -0.384. The number of rotatable bonds is 4. The zero-order valence-corrected chi connectivity index (χ0v) is 15.7. The van der Waals surface area contributed by atoms with Gasteiger partial charge >= 0.3 is 6.18 Å². The Kier molecular flexibility index (Phi) is 5.55. The van der Waals surface area contributed by atoms with E-state index in [4.69, 9.17) is 28.0 Å². The van der Waals surface area contributed by atoms with Crippen molar-refractivity contribution in [2.24, 2.45) is 5.16 Å². The molecule has 0 aromatic heterocycles. The van der Waals surface area contributed by atoms with E-state index < -0.39 is 28.9 Å². The molecule has 5 nitrogen and oxygen atoms in total. The fourth-order valence-electron chi connectivity index (χ4n) is 2.76. The molecule has 1 aliphatic heterocycles. The lowest BCUT2D eigenvalue weighted by Crippen LogP contribution is -2.42. The van der Waals surface area contributed by atoms with E-state index >= 15 is 0 Å². The van der Waals surface area contributed by atoms with Crippen molar-refractivity contribution in [2.45, 2.75) is 18.2 Å². The molecule has 0 fully saturated rings. The molecule has 1 atom stereocenters. The SMILES string of the molecule is O=[N+]([O-])c1ccc(F)c(/C=C/C2=NOC(c3cc(Cl)cc(Cl)c3)(C(F)(F)F)C2)c1. The molecule has 0 aliphatic carbocycles. The number of non-ortho nitro benzene ring substituents is 1. The second-order valence-electron chi connectivity index (χ2n) is 6.13. The molecule has 2 aromatic rings. The minimum absolute atomic E-state index is 0.0117. The van der Waals surface area contributed by atoms with Gasteiger partial charge in [-0.1, -0.05) is 28.4 Å². The van der Waals surface area contributed by atoms with Gasteiger partial charge in [0.15, 0.2) is 0 Å². The second kappa shape index (κ2) is 7.64. The molecule has 2 aromatic carbocycles. The molecular formula is C18H10Cl2F4N2O3. The Morgan fingerprint density at radius 2 is 1.79 bits per heavy atom. The van der Waals surface area contributed by atoms with Crippen LogP contribution < -0.4 is 0 Å². The molecule has 29 heavy (non-hydrogen) atoms. The summed E-state index contributed by atoms with van der Waals surface area (Å²) in [5.74, 6) is -0.782. The van der Waals surface area contributed by atoms with Gasteiger partial charge in [0.1, 0.15) is 5.82 Å². The summed E-state index contributed by atoms with van der Waals surface area (Å²) in [4.78, 5) is 14.9. The molecule has 1 unspecified atom stereocenters. The number of hydrogen-bond acceptors (Lipinski definition) is 4. The van der Waals surface area contributed by atoms with Gasteiger partial charge in [-0.15, -0.1) is 0 Å². The minimum Gasteiger partial charge on any atom is -0.374 e. The number of oxime groups is 1. The van der Waals surface area contributed by atoms with Crippen molar-refractivity contribution in [3.8, 4) is 0 Å². The number of alkyl halides is 3. The average Bonchev–Trinajstić information content (AvgIpc) is 3.05. The van der Waals surface area contributed by atoms with E-state index in [0.29, 0.717) is 0 Å². The van der Waals surface area contributed by atoms with Gasteiger partial charge in [-0.05, 0) is 36.4 Å². The predicted octanol–water partition coefficient (Wildman–Crippen LogP) is 6.29. The molecule has 1 heterocycles. The highest BCUT2D eigenvalue weighted by Gasteiger charge is 2.62. The molecule has 152 valence electrons. The number of allylic oxidation sites excluding steroid dienone is 1. The van der Waals surface area contributed by atoms with E-state index in [9.17, 15) is 27.7 Å². The number of nitrogens with zero attached hydrogens (tertiary/aromatic N) is 2. The lowest BCUT2D eigenvalue weighted by Gasteiger charge is -2.29. The van der Waals surface area contributed by atoms with E-state index in [1.807, 2.05) is 0 Å². The van der Waals surface area contributed by atoms with Crippen molar-refractivity contribution in [1.82, 2.24) is 0 Å². The van der Waals surface area contributed by atoms with Crippen LogP contribution in [0.25, 0.3) is 6.08 Å². The molecule has 0 amide bonds. The first kappa shape index (κ1) is 21.1. The van der Waals surface area contributed by atoms with E-state index in [1.54, 1.807) is 0 Å². The second-order valence-corrected chi connectivity index (χ2v) is 7.00. The van der Waals surface area contributed by atoms with Gasteiger partial charge in [0.05, 0.1) is 10.6 Å². The van der Waals surface area contributed by atoms with Crippen LogP contribution in [0.3, 0.4) is 0 Å². The Morgan fingerprint density at radius 1 is 1.14 bits per heavy atom. The van der Waals surface area contributed by atoms with Crippen LogP contribution in [0.4, 0.5) is 23.2 Å². The third-order valence-corrected chi connectivity index (χ3v) is 4.62. The summed E-state index contributed by atoms with van der Waals surface area (Å²) in [5, 5.41) is 14.2. The zero-order chi connectivity index (χ0) is 21.4. The van der Waals surface area contributed by atoms with E-state index in [2.05, 4.69) is 5.16 Å². The molecule has 0 bridgehead atoms. The molecule has 0 saturated carbocycles. The number of halogens is 6. The van der Waals surface area contributed by atoms with Gasteiger partial charge in [0.2, 0.25) is 0 Å². The fraction of sp³-hybridized carbons (Fsp3) is 0.167. The van der Waals surface area contributed by atoms with Crippen LogP contribution >= 0.6 is 23.2 Å². The first-order valence-corrected chi connectivity index (χ1v) is 8.68. The van der Waals surface area contributed by atoms with Crippen molar-refractivity contribution in [3.63, 3.8) is 0 Å². The molecule has 0 radical (unpaired) electrons. The topological polar surface area (TPSA) is 64.7 Å². The number of benzene rings is 2. The first-order valence-electron chi connectivity index (χ1n) is 7.92. The van der Waals surface area contributed by atoms with Gasteiger partial charge in [-0.2, -0.15) is 13.2 Å². The maximum Gasteiger partial charge on any atom is 0.435 e. The molecule has 0 N–H and O–H groups in total. The third-order valence-electron chi connectivity index (χ3n) is 4.18. The third kappa shape index (κ3) is 4.20. The zero-order valence-electron chi connectivity index (χ0n) is 14.2. The lowest BCUT2D eigenvalue weighted by atomic mass is 9.88. The van der Waals surface area contributed by atoms with Crippen molar-refractivity contribution < 1.29 is 27.3 Å². The molecule has 0 spiro atoms. The number of nitro groups is 1. The maximum absolute atomic E-state index is 13.9. The minimum atomic E-state index is -4.86. The van der Waals surface area contributed by atoms with Crippen LogP contribution in [0.1, 0.15) is 17.5 Å². The van der Waals surface area contributed by atoms with E-state index in [0.717, 1.165) is 42.5 Å². The summed E-state index contributed by atoms with van der Waals surface area (Å²) in [6, 6.07) is 6.24. The van der Waals surface area contributed by atoms with Gasteiger partial charge in [-0.3, -0.25) is 10.1 Å². The quantitative estimate of drug-likeness (QED) is 0.313. The highest BCUT2D eigenvalue weighted by Crippen LogP contribution is 2.49. The number of hydrogen-bond donors (Lipinski definition) is 0. The van der Waals surface area contributed by atoms with Crippen LogP contribution in [0.15, 0.2) is 47.6 Å². The van der Waals surface area contributed by atoms with Crippen LogP contribution in [-0.2, 0) is 10.4 Å². The van der Waals surface area contributed by atoms with Crippen molar-refractivity contribution >= 4 is 40.7 Å². The van der Waals surface area contributed by atoms with Gasteiger partial charge < -0.3 is 4.84 Å². The van der Waals surface area contributed by atoms with Crippen LogP contribution in [0, 0.1) is 15.9 Å². The predicted molar refractivity (Wildman–Crippen MR) is 99.4 cm³/mol. The average molecular weight is 449 g/mol. The largest absolute Gasteiger partial charge is 0.435 e. The Balaban J connectivity index is 1.92. The first-order chi connectivity index (χ1) is 13.5. The van der Waals surface area contributed by atoms with Gasteiger partial charge in [-0.25, -0.2) is 4.39 Å². The number of nitro benzene ring substituents is 1. The monoisotopic (exact) mass is 448 g/mol. The van der Waals surface area contributed by atoms with Crippen LogP contribution in [0.2, 0.25) is 10.0 Å². The molecule has 1 aliphatic rings. The van der Waals surface area contributed by atoms with Gasteiger partial charge in [0.25, 0.3) is 11.3 Å². The normalized spacial score (nSPS) is 19.3. The Labute approximate surface area is 171 Å². The van der Waals surface area contributed by atoms with Crippen LogP contribution in [-0.4, -0.2) is 16.8 Å². The Bertz CT molecular complexity index is 1020. The fourth-order valence-corrected chi connectivity index (χ4v) is 3.29. The molecule has 3 rings (SSSR count). The van der Waals surface area contributed by atoms with E-state index in [-0.39, 0.29) is 32.6 Å². The van der Waals surface area contributed by atoms with Gasteiger partial charge in [0, 0.05) is 39.7 Å². The maximum atomic E-state index is 13.9. The van der Waals surface area contributed by atoms with Crippen LogP contribution in [0.5, 0.6) is 0 Å². The Morgan fingerprint density at radius 3 is 2.38 bits per heavy atom. The van der Waals surface area contributed by atoms with E-state index in [1.165, 1.54) is 6.07 Å². The molecule has 0 saturated heterocycles. The molecular weight excluding hydrogens is 439 g/mol. The summed E-state index contributed by atoms with van der Waals surface area (Å²) in [7, 11) is 0. The highest BCUT2D eigenvalue weighted by atomic mass is 35.5. The summed E-state index contributed by atoms with van der Waals surface area (Å²) in [6.07, 6.45) is -3.40. The smallest absolute Gasteiger partial charge is 0.374 e. The summed E-state index contributed by atoms with van der Waals surface area (Å²) in [5.41, 5.74) is -3.85. The summed E-state index contributed by atoms with van der Waals surface area (Å²) < 4.78 is 55.4. The Hall–Kier alpha value is -2.65. The van der Waals surface area contributed by atoms with Crippen molar-refractivity contribution in [3.05, 3.63) is 79.6 Å². The molecule has 11 heteroatoms. The highest BCUT2D eigenvalue weighted by molar-refractivity contribution is 6.34. The van der Waals surface area contributed by atoms with Crippen molar-refractivity contribution in [2.75, 3.05) is 0 Å².